The summed E-state index contributed by atoms with van der Waals surface area (Å²) in [7, 11) is 0. The lowest BCUT2D eigenvalue weighted by molar-refractivity contribution is 0.0686. The number of anilines is 1. The molecule has 0 saturated carbocycles. The summed E-state index contributed by atoms with van der Waals surface area (Å²) in [5.41, 5.74) is 8.03. The largest absolute Gasteiger partial charge is 0.477 e. The maximum Gasteiger partial charge on any atom is 0.352 e. The molecule has 3 aromatic carbocycles. The van der Waals surface area contributed by atoms with Crippen LogP contribution in [0.5, 0.6) is 0 Å². The highest BCUT2D eigenvalue weighted by Crippen LogP contribution is 2.29. The summed E-state index contributed by atoms with van der Waals surface area (Å²) < 4.78 is 1.83. The van der Waals surface area contributed by atoms with E-state index >= 15 is 0 Å². The number of carboxylic acid groups (broad SMARTS) is 1. The van der Waals surface area contributed by atoms with E-state index in [2.05, 4.69) is 38.2 Å². The first kappa shape index (κ1) is 21.0. The highest BCUT2D eigenvalue weighted by atomic mass is 35.5. The molecule has 0 aliphatic carbocycles. The summed E-state index contributed by atoms with van der Waals surface area (Å²) >= 11 is 6.13. The number of carbonyl (C=O) groups is 1. The van der Waals surface area contributed by atoms with Crippen molar-refractivity contribution in [3.05, 3.63) is 99.2 Å². The number of hydrogen-bond acceptors (Lipinski definition) is 2. The summed E-state index contributed by atoms with van der Waals surface area (Å²) in [6.45, 7) is 7.47. The Balaban J connectivity index is 1.72. The van der Waals surface area contributed by atoms with Crippen LogP contribution >= 0.6 is 11.6 Å². The van der Waals surface area contributed by atoms with E-state index in [1.54, 1.807) is 6.07 Å². The van der Waals surface area contributed by atoms with Crippen molar-refractivity contribution in [2.45, 2.75) is 33.9 Å². The number of aromatic carboxylic acids is 1. The third-order valence-electron chi connectivity index (χ3n) is 5.69. The van der Waals surface area contributed by atoms with Crippen LogP contribution in [0, 0.1) is 20.8 Å². The molecular weight excluding hydrogens is 408 g/mol. The Kier molecular flexibility index (Phi) is 5.75. The molecule has 4 aromatic rings. The average molecular weight is 433 g/mol. The zero-order valence-corrected chi connectivity index (χ0v) is 18.6. The SMILES string of the molecule is Cc1cc(C)c(CNc2cccc3c2cc(C(=O)O)n3Cc2cccc(Cl)c2)c(C)c1. The second kappa shape index (κ2) is 8.48. The molecule has 5 heteroatoms. The molecule has 0 saturated heterocycles. The van der Waals surface area contributed by atoms with Gasteiger partial charge < -0.3 is 15.0 Å². The van der Waals surface area contributed by atoms with E-state index in [0.717, 1.165) is 22.2 Å². The first-order valence-corrected chi connectivity index (χ1v) is 10.6. The van der Waals surface area contributed by atoms with E-state index in [1.807, 2.05) is 47.0 Å². The van der Waals surface area contributed by atoms with Crippen LogP contribution in [0.1, 0.15) is 38.3 Å². The lowest BCUT2D eigenvalue weighted by Crippen LogP contribution is -2.09. The van der Waals surface area contributed by atoms with Gasteiger partial charge >= 0.3 is 5.97 Å². The van der Waals surface area contributed by atoms with E-state index < -0.39 is 5.97 Å². The molecule has 0 aliphatic rings. The standard InChI is InChI=1S/C26H25ClN2O2/c1-16-10-17(2)22(18(3)11-16)14-28-23-8-5-9-24-21(23)13-25(26(30)31)29(24)15-19-6-4-7-20(27)12-19/h4-13,28H,14-15H2,1-3H3,(H,30,31). The number of rotatable bonds is 6. The zero-order valence-electron chi connectivity index (χ0n) is 17.9. The van der Waals surface area contributed by atoms with Crippen LogP contribution in [0.3, 0.4) is 0 Å². The van der Waals surface area contributed by atoms with Crippen molar-refractivity contribution in [1.29, 1.82) is 0 Å². The number of fused-ring (bicyclic) bond motifs is 1. The van der Waals surface area contributed by atoms with Crippen LogP contribution in [-0.2, 0) is 13.1 Å². The minimum absolute atomic E-state index is 0.256. The van der Waals surface area contributed by atoms with Crippen molar-refractivity contribution >= 4 is 34.2 Å². The number of halogens is 1. The lowest BCUT2D eigenvalue weighted by Gasteiger charge is -2.14. The van der Waals surface area contributed by atoms with Gasteiger partial charge in [0.1, 0.15) is 5.69 Å². The van der Waals surface area contributed by atoms with E-state index in [-0.39, 0.29) is 5.69 Å². The molecule has 2 N–H and O–H groups in total. The number of aromatic nitrogens is 1. The highest BCUT2D eigenvalue weighted by molar-refractivity contribution is 6.30. The number of benzene rings is 3. The van der Waals surface area contributed by atoms with Gasteiger partial charge in [-0.05, 0) is 73.4 Å². The molecule has 0 radical (unpaired) electrons. The molecule has 0 fully saturated rings. The van der Waals surface area contributed by atoms with Gasteiger partial charge in [-0.15, -0.1) is 0 Å². The minimum Gasteiger partial charge on any atom is -0.477 e. The molecule has 4 nitrogen and oxygen atoms in total. The van der Waals surface area contributed by atoms with E-state index in [1.165, 1.54) is 22.3 Å². The predicted octanol–water partition coefficient (Wildman–Crippen LogP) is 6.58. The highest BCUT2D eigenvalue weighted by Gasteiger charge is 2.17. The normalized spacial score (nSPS) is 11.1. The van der Waals surface area contributed by atoms with Crippen LogP contribution < -0.4 is 5.32 Å². The van der Waals surface area contributed by atoms with Crippen LogP contribution in [0.2, 0.25) is 5.02 Å². The summed E-state index contributed by atoms with van der Waals surface area (Å²) in [4.78, 5) is 12.0. The Morgan fingerprint density at radius 2 is 1.71 bits per heavy atom. The third kappa shape index (κ3) is 4.30. The van der Waals surface area contributed by atoms with E-state index in [0.29, 0.717) is 18.1 Å². The van der Waals surface area contributed by atoms with Gasteiger partial charge in [0.25, 0.3) is 0 Å². The summed E-state index contributed by atoms with van der Waals surface area (Å²) in [5.74, 6) is -0.950. The number of hydrogen-bond donors (Lipinski definition) is 2. The second-order valence-corrected chi connectivity index (χ2v) is 8.46. The van der Waals surface area contributed by atoms with Gasteiger partial charge in [0.15, 0.2) is 0 Å². The van der Waals surface area contributed by atoms with Crippen molar-refractivity contribution < 1.29 is 9.90 Å². The molecule has 0 aliphatic heterocycles. The van der Waals surface area contributed by atoms with Crippen molar-refractivity contribution in [2.24, 2.45) is 0 Å². The fourth-order valence-corrected chi connectivity index (χ4v) is 4.49. The zero-order chi connectivity index (χ0) is 22.1. The number of carboxylic acids is 1. The average Bonchev–Trinajstić information content (AvgIpc) is 3.07. The fraction of sp³-hybridized carbons (Fsp3) is 0.192. The van der Waals surface area contributed by atoms with Crippen molar-refractivity contribution in [1.82, 2.24) is 4.57 Å². The van der Waals surface area contributed by atoms with Crippen molar-refractivity contribution in [3.63, 3.8) is 0 Å². The first-order valence-electron chi connectivity index (χ1n) is 10.2. The molecule has 1 aromatic heterocycles. The van der Waals surface area contributed by atoms with E-state index in [4.69, 9.17) is 11.6 Å². The Hall–Kier alpha value is -3.24. The number of nitrogens with one attached hydrogen (secondary N) is 1. The van der Waals surface area contributed by atoms with Crippen LogP contribution in [0.25, 0.3) is 10.9 Å². The minimum atomic E-state index is -0.950. The Bertz CT molecular complexity index is 1270. The molecule has 0 unspecified atom stereocenters. The molecule has 0 atom stereocenters. The molecule has 1 heterocycles. The summed E-state index contributed by atoms with van der Waals surface area (Å²) in [6.07, 6.45) is 0. The number of aryl methyl sites for hydroxylation is 3. The maximum absolute atomic E-state index is 12.0. The fourth-order valence-electron chi connectivity index (χ4n) is 4.28. The third-order valence-corrected chi connectivity index (χ3v) is 5.93. The van der Waals surface area contributed by atoms with Gasteiger partial charge in [-0.3, -0.25) is 0 Å². The van der Waals surface area contributed by atoms with E-state index in [9.17, 15) is 9.90 Å². The van der Waals surface area contributed by atoms with Gasteiger partial charge in [-0.25, -0.2) is 4.79 Å². The molecule has 0 spiro atoms. The van der Waals surface area contributed by atoms with Gasteiger partial charge in [0.05, 0.1) is 5.52 Å². The topological polar surface area (TPSA) is 54.3 Å². The molecule has 0 bridgehead atoms. The predicted molar refractivity (Wildman–Crippen MR) is 127 cm³/mol. The van der Waals surface area contributed by atoms with Crippen molar-refractivity contribution in [3.8, 4) is 0 Å². The molecule has 31 heavy (non-hydrogen) atoms. The van der Waals surface area contributed by atoms with Gasteiger partial charge in [-0.1, -0.05) is 47.5 Å². The summed E-state index contributed by atoms with van der Waals surface area (Å²) in [6, 6.07) is 19.5. The van der Waals surface area contributed by atoms with Crippen LogP contribution in [-0.4, -0.2) is 15.6 Å². The van der Waals surface area contributed by atoms with Crippen LogP contribution in [0.15, 0.2) is 60.7 Å². The van der Waals surface area contributed by atoms with Crippen molar-refractivity contribution in [2.75, 3.05) is 5.32 Å². The Morgan fingerprint density at radius 3 is 2.39 bits per heavy atom. The van der Waals surface area contributed by atoms with Gasteiger partial charge in [0.2, 0.25) is 0 Å². The van der Waals surface area contributed by atoms with Gasteiger partial charge in [-0.2, -0.15) is 0 Å². The molecule has 158 valence electrons. The van der Waals surface area contributed by atoms with Gasteiger partial charge in [0, 0.05) is 29.2 Å². The number of nitrogens with zero attached hydrogens (tertiary/aromatic N) is 1. The Labute approximate surface area is 187 Å². The molecule has 4 rings (SSSR count). The molecule has 0 amide bonds. The summed E-state index contributed by atoms with van der Waals surface area (Å²) in [5, 5.41) is 14.9. The molecular formula is C26H25ClN2O2. The second-order valence-electron chi connectivity index (χ2n) is 8.02. The first-order chi connectivity index (χ1) is 14.8. The maximum atomic E-state index is 12.0. The smallest absolute Gasteiger partial charge is 0.352 e. The quantitative estimate of drug-likeness (QED) is 0.362. The lowest BCUT2D eigenvalue weighted by atomic mass is 10.00. The van der Waals surface area contributed by atoms with Crippen LogP contribution in [0.4, 0.5) is 5.69 Å². The monoisotopic (exact) mass is 432 g/mol. The Morgan fingerprint density at radius 1 is 1.00 bits per heavy atom.